The molecule has 1 aliphatic rings. The third kappa shape index (κ3) is 3.13. The van der Waals surface area contributed by atoms with E-state index >= 15 is 0 Å². The molecule has 3 rings (SSSR count). The third-order valence-electron chi connectivity index (χ3n) is 5.02. The van der Waals surface area contributed by atoms with Crippen LogP contribution in [0.5, 0.6) is 0 Å². The van der Waals surface area contributed by atoms with Crippen LogP contribution in [0, 0.1) is 18.8 Å². The van der Waals surface area contributed by atoms with Crippen molar-refractivity contribution in [1.82, 2.24) is 14.9 Å². The molecular weight excluding hydrogens is 258 g/mol. The van der Waals surface area contributed by atoms with E-state index in [2.05, 4.69) is 59.9 Å². The lowest BCUT2D eigenvalue weighted by Gasteiger charge is -2.33. The predicted molar refractivity (Wildman–Crippen MR) is 88.4 cm³/mol. The Morgan fingerprint density at radius 1 is 1.24 bits per heavy atom. The summed E-state index contributed by atoms with van der Waals surface area (Å²) in [6.07, 6.45) is 4.06. The second-order valence-corrected chi connectivity index (χ2v) is 6.76. The smallest absolute Gasteiger partial charge is 0.106 e. The van der Waals surface area contributed by atoms with E-state index in [1.165, 1.54) is 24.8 Å². The first-order chi connectivity index (χ1) is 10.1. The maximum atomic E-state index is 4.64. The number of hydrogen-bond donors (Lipinski definition) is 1. The number of benzene rings is 1. The Balaban J connectivity index is 1.61. The van der Waals surface area contributed by atoms with Gasteiger partial charge in [-0.2, -0.15) is 0 Å². The lowest BCUT2D eigenvalue weighted by molar-refractivity contribution is 0.227. The van der Waals surface area contributed by atoms with Gasteiger partial charge in [0.15, 0.2) is 0 Å². The first-order valence-corrected chi connectivity index (χ1v) is 8.30. The predicted octanol–water partition coefficient (Wildman–Crippen LogP) is 3.76. The molecule has 1 aromatic heterocycles. The molecule has 3 unspecified atom stereocenters. The largest absolute Gasteiger partial charge is 0.327 e. The van der Waals surface area contributed by atoms with Crippen LogP contribution in [0.1, 0.15) is 38.9 Å². The minimum Gasteiger partial charge on any atom is -0.327 e. The summed E-state index contributed by atoms with van der Waals surface area (Å²) in [5.41, 5.74) is 2.36. The van der Waals surface area contributed by atoms with Gasteiger partial charge in [-0.15, -0.1) is 0 Å². The second-order valence-electron chi connectivity index (χ2n) is 6.76. The summed E-state index contributed by atoms with van der Waals surface area (Å²) < 4.78 is 2.33. The van der Waals surface area contributed by atoms with Crippen molar-refractivity contribution in [3.8, 4) is 0 Å². The van der Waals surface area contributed by atoms with Crippen molar-refractivity contribution in [3.63, 3.8) is 0 Å². The molecule has 1 saturated carbocycles. The van der Waals surface area contributed by atoms with E-state index in [1.54, 1.807) is 0 Å². The van der Waals surface area contributed by atoms with Crippen LogP contribution < -0.4 is 5.32 Å². The molecule has 3 heteroatoms. The maximum absolute atomic E-state index is 4.64. The lowest BCUT2D eigenvalue weighted by atomic mass is 9.80. The Kier molecular flexibility index (Phi) is 4.29. The molecule has 0 radical (unpaired) electrons. The standard InChI is InChI=1S/C18H27N3/c1-13-8-9-16(14(2)12-13)19-10-11-21-15(3)20-17-6-4-5-7-18(17)21/h4-7,13-14,16,19H,8-12H2,1-3H3. The molecule has 1 aliphatic carbocycles. The molecule has 21 heavy (non-hydrogen) atoms. The van der Waals surface area contributed by atoms with E-state index in [9.17, 15) is 0 Å². The summed E-state index contributed by atoms with van der Waals surface area (Å²) in [4.78, 5) is 4.64. The lowest BCUT2D eigenvalue weighted by Crippen LogP contribution is -2.40. The summed E-state index contributed by atoms with van der Waals surface area (Å²) in [6.45, 7) is 8.92. The molecule has 114 valence electrons. The molecule has 0 amide bonds. The van der Waals surface area contributed by atoms with E-state index < -0.39 is 0 Å². The van der Waals surface area contributed by atoms with Crippen LogP contribution in [0.3, 0.4) is 0 Å². The quantitative estimate of drug-likeness (QED) is 0.927. The minimum absolute atomic E-state index is 0.691. The molecule has 3 nitrogen and oxygen atoms in total. The molecule has 2 aromatic rings. The second kappa shape index (κ2) is 6.18. The van der Waals surface area contributed by atoms with Crippen molar-refractivity contribution in [2.75, 3.05) is 6.54 Å². The molecule has 0 bridgehead atoms. The zero-order chi connectivity index (χ0) is 14.8. The monoisotopic (exact) mass is 285 g/mol. The van der Waals surface area contributed by atoms with Crippen molar-refractivity contribution >= 4 is 11.0 Å². The first kappa shape index (κ1) is 14.6. The van der Waals surface area contributed by atoms with Crippen LogP contribution in [-0.4, -0.2) is 22.1 Å². The number of aromatic nitrogens is 2. The SMILES string of the molecule is Cc1nc2ccccc2n1CCNC1CCC(C)CC1C. The number of para-hydroxylation sites is 2. The van der Waals surface area contributed by atoms with Gasteiger partial charge in [0.25, 0.3) is 0 Å². The van der Waals surface area contributed by atoms with Crippen LogP contribution in [-0.2, 0) is 6.54 Å². The summed E-state index contributed by atoms with van der Waals surface area (Å²) in [5.74, 6) is 2.82. The van der Waals surface area contributed by atoms with Crippen molar-refractivity contribution in [2.45, 2.75) is 52.6 Å². The maximum Gasteiger partial charge on any atom is 0.106 e. The van der Waals surface area contributed by atoms with Crippen molar-refractivity contribution in [1.29, 1.82) is 0 Å². The molecule has 0 saturated heterocycles. The normalized spacial score (nSPS) is 26.3. The van der Waals surface area contributed by atoms with Gasteiger partial charge >= 0.3 is 0 Å². The van der Waals surface area contributed by atoms with Gasteiger partial charge in [0.1, 0.15) is 5.82 Å². The Labute approximate surface area is 127 Å². The summed E-state index contributed by atoms with van der Waals surface area (Å²) in [7, 11) is 0. The van der Waals surface area contributed by atoms with Gasteiger partial charge in [0, 0.05) is 19.1 Å². The van der Waals surface area contributed by atoms with E-state index in [0.29, 0.717) is 6.04 Å². The van der Waals surface area contributed by atoms with Crippen LogP contribution in [0.4, 0.5) is 0 Å². The average Bonchev–Trinajstić information content (AvgIpc) is 2.77. The molecular formula is C18H27N3. The van der Waals surface area contributed by atoms with Gasteiger partial charge in [-0.1, -0.05) is 26.0 Å². The number of aryl methyl sites for hydroxylation is 1. The molecule has 1 N–H and O–H groups in total. The number of nitrogens with zero attached hydrogens (tertiary/aromatic N) is 2. The highest BCUT2D eigenvalue weighted by molar-refractivity contribution is 5.75. The third-order valence-corrected chi connectivity index (χ3v) is 5.02. The van der Waals surface area contributed by atoms with Gasteiger partial charge in [-0.05, 0) is 50.2 Å². The average molecular weight is 285 g/mol. The van der Waals surface area contributed by atoms with Crippen molar-refractivity contribution in [3.05, 3.63) is 30.1 Å². The highest BCUT2D eigenvalue weighted by Gasteiger charge is 2.24. The molecule has 1 heterocycles. The van der Waals surface area contributed by atoms with Gasteiger partial charge in [0.2, 0.25) is 0 Å². The first-order valence-electron chi connectivity index (χ1n) is 8.30. The zero-order valence-corrected chi connectivity index (χ0v) is 13.5. The van der Waals surface area contributed by atoms with Crippen LogP contribution in [0.25, 0.3) is 11.0 Å². The summed E-state index contributed by atoms with van der Waals surface area (Å²) in [6, 6.07) is 9.11. The van der Waals surface area contributed by atoms with Crippen LogP contribution in [0.15, 0.2) is 24.3 Å². The summed E-state index contributed by atoms with van der Waals surface area (Å²) >= 11 is 0. The van der Waals surface area contributed by atoms with E-state index in [-0.39, 0.29) is 0 Å². The molecule has 1 fully saturated rings. The van der Waals surface area contributed by atoms with Crippen LogP contribution in [0.2, 0.25) is 0 Å². The number of imidazole rings is 1. The van der Waals surface area contributed by atoms with Gasteiger partial charge < -0.3 is 9.88 Å². The fourth-order valence-electron chi connectivity index (χ4n) is 3.81. The minimum atomic E-state index is 0.691. The Bertz CT molecular complexity index is 602. The Morgan fingerprint density at radius 2 is 2.05 bits per heavy atom. The molecule has 0 spiro atoms. The fraction of sp³-hybridized carbons (Fsp3) is 0.611. The number of nitrogens with one attached hydrogen (secondary N) is 1. The topological polar surface area (TPSA) is 29.9 Å². The van der Waals surface area contributed by atoms with Gasteiger partial charge in [-0.3, -0.25) is 0 Å². The van der Waals surface area contributed by atoms with Gasteiger partial charge in [0.05, 0.1) is 11.0 Å². The number of hydrogen-bond acceptors (Lipinski definition) is 2. The van der Waals surface area contributed by atoms with Crippen molar-refractivity contribution < 1.29 is 0 Å². The zero-order valence-electron chi connectivity index (χ0n) is 13.5. The van der Waals surface area contributed by atoms with E-state index in [4.69, 9.17) is 0 Å². The molecule has 1 aromatic carbocycles. The highest BCUT2D eigenvalue weighted by Crippen LogP contribution is 2.28. The molecule has 3 atom stereocenters. The Hall–Kier alpha value is -1.35. The summed E-state index contributed by atoms with van der Waals surface area (Å²) in [5, 5.41) is 3.77. The number of fused-ring (bicyclic) bond motifs is 1. The fourth-order valence-corrected chi connectivity index (χ4v) is 3.81. The van der Waals surface area contributed by atoms with Crippen LogP contribution >= 0.6 is 0 Å². The Morgan fingerprint density at radius 3 is 2.86 bits per heavy atom. The van der Waals surface area contributed by atoms with Gasteiger partial charge in [-0.25, -0.2) is 4.98 Å². The van der Waals surface area contributed by atoms with E-state index in [1.807, 2.05) is 0 Å². The van der Waals surface area contributed by atoms with E-state index in [0.717, 1.165) is 36.3 Å². The highest BCUT2D eigenvalue weighted by atomic mass is 15.1. The number of rotatable bonds is 4. The van der Waals surface area contributed by atoms with Crippen molar-refractivity contribution in [2.24, 2.45) is 11.8 Å². The molecule has 0 aliphatic heterocycles.